The third-order valence-corrected chi connectivity index (χ3v) is 46.6. The van der Waals surface area contributed by atoms with E-state index in [0.29, 0.717) is 0 Å². The van der Waals surface area contributed by atoms with Gasteiger partial charge in [-0.25, -0.2) is 0 Å². The maximum atomic E-state index is 2.70. The lowest BCUT2D eigenvalue weighted by atomic mass is 10.4. The highest BCUT2D eigenvalue weighted by Gasteiger charge is 2.57. The van der Waals surface area contributed by atoms with Crippen LogP contribution in [0.2, 0.25) is 32.7 Å². The van der Waals surface area contributed by atoms with Gasteiger partial charge in [0.15, 0.2) is 0 Å². The van der Waals surface area contributed by atoms with Crippen molar-refractivity contribution >= 4 is 37.9 Å². The molecule has 0 radical (unpaired) electrons. The molecule has 3 heteroatoms. The summed E-state index contributed by atoms with van der Waals surface area (Å²) >= 11 is 0. The molecule has 3 rings (SSSR count). The summed E-state index contributed by atoms with van der Waals surface area (Å²) in [6.45, 7) is 13.2. The van der Waals surface area contributed by atoms with E-state index in [1.807, 2.05) is 0 Å². The molecule has 0 aliphatic rings. The minimum absolute atomic E-state index is 1.61. The average Bonchev–Trinajstić information content (AvgIpc) is 2.69. The van der Waals surface area contributed by atoms with Crippen LogP contribution >= 0.6 is 0 Å². The third-order valence-electron chi connectivity index (χ3n) is 6.84. The van der Waals surface area contributed by atoms with Crippen molar-refractivity contribution in [2.45, 2.75) is 32.7 Å². The van der Waals surface area contributed by atoms with Crippen molar-refractivity contribution in [2.24, 2.45) is 0 Å². The van der Waals surface area contributed by atoms with E-state index in [-0.39, 0.29) is 0 Å². The van der Waals surface area contributed by atoms with Crippen LogP contribution in [-0.2, 0) is 0 Å². The largest absolute Gasteiger partial charge is 0.0815 e. The zero-order valence-corrected chi connectivity index (χ0v) is 19.7. The van der Waals surface area contributed by atoms with Gasteiger partial charge in [-0.15, -0.1) is 0 Å². The molecule has 0 aliphatic carbocycles. The Hall–Kier alpha value is -1.69. The molecule has 0 N–H and O–H groups in total. The van der Waals surface area contributed by atoms with Gasteiger partial charge in [0.05, 0.1) is 22.3 Å². The Balaban J connectivity index is 2.28. The minimum Gasteiger partial charge on any atom is -0.0685 e. The molecule has 134 valence electrons. The van der Waals surface area contributed by atoms with Gasteiger partial charge in [-0.2, -0.15) is 0 Å². The van der Waals surface area contributed by atoms with Crippen molar-refractivity contribution in [3.63, 3.8) is 0 Å². The average molecular weight is 391 g/mol. The molecular weight excluding hydrogens is 361 g/mol. The summed E-state index contributed by atoms with van der Waals surface area (Å²) in [6.07, 6.45) is 0. The fourth-order valence-corrected chi connectivity index (χ4v) is 42.8. The molecule has 0 heterocycles. The Morgan fingerprint density at radius 3 is 0.962 bits per heavy atom. The molecule has 0 saturated carbocycles. The van der Waals surface area contributed by atoms with E-state index in [1.54, 1.807) is 15.6 Å². The predicted octanol–water partition coefficient (Wildman–Crippen LogP) is 4.36. The fourth-order valence-electron chi connectivity index (χ4n) is 4.56. The second kappa shape index (κ2) is 7.14. The zero-order chi connectivity index (χ0) is 18.8. The normalized spacial score (nSPS) is 12.8. The zero-order valence-electron chi connectivity index (χ0n) is 16.7. The lowest BCUT2D eigenvalue weighted by molar-refractivity contribution is 1.68. The molecule has 0 amide bonds. The Bertz CT molecular complexity index is 789. The van der Waals surface area contributed by atoms with Crippen LogP contribution in [0.15, 0.2) is 91.0 Å². The topological polar surface area (TPSA) is 0 Å². The molecule has 0 saturated heterocycles. The van der Waals surface area contributed by atoms with E-state index in [2.05, 4.69) is 124 Å². The molecule has 0 atom stereocenters. The van der Waals surface area contributed by atoms with Gasteiger partial charge in [0.2, 0.25) is 0 Å². The highest BCUT2D eigenvalue weighted by Crippen LogP contribution is 2.29. The number of hydrogen-bond donors (Lipinski definition) is 0. The Morgan fingerprint density at radius 2 is 0.654 bits per heavy atom. The van der Waals surface area contributed by atoms with Crippen LogP contribution in [-0.4, -0.2) is 22.3 Å². The molecule has 3 aromatic carbocycles. The number of benzene rings is 3. The lowest BCUT2D eigenvalue weighted by Crippen LogP contribution is -2.84. The third kappa shape index (κ3) is 2.98. The molecule has 26 heavy (non-hydrogen) atoms. The maximum absolute atomic E-state index is 2.70. The molecule has 0 bridgehead atoms. The SMILES string of the molecule is C[Si](C)(c1ccccc1)[Si](C)(c1ccccc1)[Si](C)(C)c1ccccc1. The maximum Gasteiger partial charge on any atom is 0.0815 e. The van der Waals surface area contributed by atoms with Crippen LogP contribution in [0.4, 0.5) is 0 Å². The van der Waals surface area contributed by atoms with E-state index in [9.17, 15) is 0 Å². The second-order valence-electron chi connectivity index (χ2n) is 8.47. The molecule has 0 aromatic heterocycles. The second-order valence-corrected chi connectivity index (χ2v) is 34.0. The van der Waals surface area contributed by atoms with Crippen LogP contribution in [0.5, 0.6) is 0 Å². The van der Waals surface area contributed by atoms with Crippen LogP contribution in [0, 0.1) is 0 Å². The van der Waals surface area contributed by atoms with Gasteiger partial charge in [0.1, 0.15) is 0 Å². The summed E-state index contributed by atoms with van der Waals surface area (Å²) in [6, 6.07) is 34.2. The van der Waals surface area contributed by atoms with Crippen molar-refractivity contribution in [3.05, 3.63) is 91.0 Å². The summed E-state index contributed by atoms with van der Waals surface area (Å²) in [5.74, 6) is 0. The van der Waals surface area contributed by atoms with Gasteiger partial charge in [-0.05, 0) is 0 Å². The summed E-state index contributed by atoms with van der Waals surface area (Å²) in [7, 11) is -5.17. The van der Waals surface area contributed by atoms with E-state index in [1.165, 1.54) is 0 Å². The first-order valence-electron chi connectivity index (χ1n) is 9.48. The summed E-state index contributed by atoms with van der Waals surface area (Å²) in [4.78, 5) is 0. The summed E-state index contributed by atoms with van der Waals surface area (Å²) in [5.41, 5.74) is 0. The molecule has 0 fully saturated rings. The van der Waals surface area contributed by atoms with Crippen molar-refractivity contribution in [3.8, 4) is 0 Å². The highest BCUT2D eigenvalue weighted by molar-refractivity contribution is 7.77. The first kappa shape index (κ1) is 19.1. The van der Waals surface area contributed by atoms with Crippen molar-refractivity contribution in [2.75, 3.05) is 0 Å². The van der Waals surface area contributed by atoms with Gasteiger partial charge in [0.25, 0.3) is 0 Å². The molecule has 0 nitrogen and oxygen atoms in total. The van der Waals surface area contributed by atoms with Crippen molar-refractivity contribution in [1.82, 2.24) is 0 Å². The van der Waals surface area contributed by atoms with Gasteiger partial charge in [0, 0.05) is 0 Å². The van der Waals surface area contributed by atoms with Crippen LogP contribution < -0.4 is 15.6 Å². The van der Waals surface area contributed by atoms with Crippen LogP contribution in [0.3, 0.4) is 0 Å². The number of hydrogen-bond acceptors (Lipinski definition) is 0. The van der Waals surface area contributed by atoms with Gasteiger partial charge < -0.3 is 0 Å². The summed E-state index contributed by atoms with van der Waals surface area (Å²) in [5, 5.41) is 4.85. The van der Waals surface area contributed by atoms with Crippen LogP contribution in [0.1, 0.15) is 0 Å². The van der Waals surface area contributed by atoms with Crippen molar-refractivity contribution < 1.29 is 0 Å². The molecule has 3 aromatic rings. The smallest absolute Gasteiger partial charge is 0.0685 e. The predicted molar refractivity (Wildman–Crippen MR) is 125 cm³/mol. The number of rotatable bonds is 5. The first-order valence-corrected chi connectivity index (χ1v) is 20.0. The first-order chi connectivity index (χ1) is 12.3. The van der Waals surface area contributed by atoms with Gasteiger partial charge >= 0.3 is 0 Å². The van der Waals surface area contributed by atoms with E-state index < -0.39 is 22.3 Å². The Labute approximate surface area is 161 Å². The Kier molecular flexibility index (Phi) is 5.24. The monoisotopic (exact) mass is 390 g/mol. The lowest BCUT2D eigenvalue weighted by Gasteiger charge is -2.51. The van der Waals surface area contributed by atoms with E-state index in [4.69, 9.17) is 0 Å². The van der Waals surface area contributed by atoms with E-state index >= 15 is 0 Å². The molecule has 0 aliphatic heterocycles. The quantitative estimate of drug-likeness (QED) is 0.568. The fraction of sp³-hybridized carbons (Fsp3) is 0.217. The van der Waals surface area contributed by atoms with Crippen LogP contribution in [0.25, 0.3) is 0 Å². The Morgan fingerprint density at radius 1 is 0.385 bits per heavy atom. The standard InChI is InChI=1S/C23H30Si3/c1-24(2,21-15-9-6-10-16-21)26(5,23-19-13-8-14-20-23)25(3,4)22-17-11-7-12-18-22/h6-20H,1-5H3. The molecule has 0 unspecified atom stereocenters. The molecular formula is C23H30Si3. The van der Waals surface area contributed by atoms with Crippen molar-refractivity contribution in [1.29, 1.82) is 0 Å². The molecule has 0 spiro atoms. The van der Waals surface area contributed by atoms with Gasteiger partial charge in [-0.3, -0.25) is 0 Å². The van der Waals surface area contributed by atoms with E-state index in [0.717, 1.165) is 0 Å². The highest BCUT2D eigenvalue weighted by atomic mass is 29.6. The van der Waals surface area contributed by atoms with Gasteiger partial charge in [-0.1, -0.05) is 139 Å². The minimum atomic E-state index is -1.78. The summed E-state index contributed by atoms with van der Waals surface area (Å²) < 4.78 is 0.